The van der Waals surface area contributed by atoms with Gasteiger partial charge in [0, 0.05) is 17.2 Å². The van der Waals surface area contributed by atoms with E-state index in [2.05, 4.69) is 21.2 Å². The number of amides is 1. The van der Waals surface area contributed by atoms with E-state index in [-0.39, 0.29) is 17.2 Å². The fourth-order valence-electron chi connectivity index (χ4n) is 1.32. The molecule has 0 saturated carbocycles. The number of hydrogen-bond donors (Lipinski definition) is 2. The number of carbonyl (C=O) groups is 2. The summed E-state index contributed by atoms with van der Waals surface area (Å²) in [4.78, 5) is 22.9. The van der Waals surface area contributed by atoms with E-state index in [4.69, 9.17) is 9.84 Å². The number of nitrogens with one attached hydrogen (secondary N) is 1. The molecule has 102 valence electrons. The van der Waals surface area contributed by atoms with Gasteiger partial charge in [-0.25, -0.2) is 4.79 Å². The zero-order valence-corrected chi connectivity index (χ0v) is 12.2. The second-order valence-electron chi connectivity index (χ2n) is 3.79. The van der Waals surface area contributed by atoms with E-state index in [0.29, 0.717) is 16.7 Å². The van der Waals surface area contributed by atoms with Gasteiger partial charge >= 0.3 is 5.97 Å². The number of aromatic carboxylic acids is 1. The number of carbonyl (C=O) groups excluding carboxylic acids is 1. The maximum Gasteiger partial charge on any atom is 0.337 e. The molecule has 1 rings (SSSR count). The van der Waals surface area contributed by atoms with Crippen LogP contribution in [-0.4, -0.2) is 30.7 Å². The maximum atomic E-state index is 11.8. The van der Waals surface area contributed by atoms with Gasteiger partial charge in [-0.15, -0.1) is 0 Å². The molecule has 0 aliphatic rings. The third-order valence-corrected chi connectivity index (χ3v) is 2.87. The Morgan fingerprint density at radius 2 is 2.16 bits per heavy atom. The summed E-state index contributed by atoms with van der Waals surface area (Å²) >= 11 is 3.19. The van der Waals surface area contributed by atoms with Crippen LogP contribution >= 0.6 is 15.9 Å². The average Bonchev–Trinajstić information content (AvgIpc) is 2.37. The van der Waals surface area contributed by atoms with E-state index in [1.54, 1.807) is 19.1 Å². The number of halogens is 1. The number of methoxy groups -OCH3 is 1. The first kappa shape index (κ1) is 15.4. The Balaban J connectivity index is 2.94. The summed E-state index contributed by atoms with van der Waals surface area (Å²) in [6, 6.07) is 4.64. The standard InChI is InChI=1S/C13H14BrNO4/c1-8(5-6-19-2)12(16)15-11-4-3-9(14)7-10(11)13(17)18/h3-5,7H,6H2,1-2H3,(H,15,16)(H,17,18)/b8-5+. The highest BCUT2D eigenvalue weighted by atomic mass is 79.9. The van der Waals surface area contributed by atoms with Crippen LogP contribution in [0.3, 0.4) is 0 Å². The number of rotatable bonds is 5. The van der Waals surface area contributed by atoms with Crippen molar-refractivity contribution in [3.63, 3.8) is 0 Å². The maximum absolute atomic E-state index is 11.8. The molecule has 2 N–H and O–H groups in total. The summed E-state index contributed by atoms with van der Waals surface area (Å²) in [5, 5.41) is 11.6. The van der Waals surface area contributed by atoms with E-state index >= 15 is 0 Å². The molecule has 0 aliphatic carbocycles. The Bertz CT molecular complexity index is 525. The van der Waals surface area contributed by atoms with Crippen molar-refractivity contribution in [1.29, 1.82) is 0 Å². The molecule has 0 heterocycles. The van der Waals surface area contributed by atoms with Gasteiger partial charge < -0.3 is 15.2 Å². The Morgan fingerprint density at radius 1 is 1.47 bits per heavy atom. The zero-order valence-electron chi connectivity index (χ0n) is 10.6. The van der Waals surface area contributed by atoms with Crippen LogP contribution in [0.15, 0.2) is 34.3 Å². The normalized spacial score (nSPS) is 11.2. The molecule has 0 radical (unpaired) electrons. The number of carboxylic acids is 1. The third-order valence-electron chi connectivity index (χ3n) is 2.37. The van der Waals surface area contributed by atoms with Crippen molar-refractivity contribution in [1.82, 2.24) is 0 Å². The Morgan fingerprint density at radius 3 is 2.74 bits per heavy atom. The van der Waals surface area contributed by atoms with Crippen molar-refractivity contribution < 1.29 is 19.4 Å². The fourth-order valence-corrected chi connectivity index (χ4v) is 1.69. The minimum absolute atomic E-state index is 0.0299. The van der Waals surface area contributed by atoms with Crippen molar-refractivity contribution in [3.05, 3.63) is 39.9 Å². The van der Waals surface area contributed by atoms with Gasteiger partial charge in [-0.2, -0.15) is 0 Å². The molecule has 19 heavy (non-hydrogen) atoms. The highest BCUT2D eigenvalue weighted by Crippen LogP contribution is 2.21. The second-order valence-corrected chi connectivity index (χ2v) is 4.71. The Labute approximate surface area is 119 Å². The van der Waals surface area contributed by atoms with Crippen molar-refractivity contribution in [2.24, 2.45) is 0 Å². The smallest absolute Gasteiger partial charge is 0.337 e. The fraction of sp³-hybridized carbons (Fsp3) is 0.231. The molecule has 0 saturated heterocycles. The zero-order chi connectivity index (χ0) is 14.4. The van der Waals surface area contributed by atoms with Crippen LogP contribution < -0.4 is 5.32 Å². The largest absolute Gasteiger partial charge is 0.478 e. The molecular weight excluding hydrogens is 314 g/mol. The number of anilines is 1. The minimum atomic E-state index is -1.10. The van der Waals surface area contributed by atoms with Gasteiger partial charge in [0.05, 0.1) is 17.9 Å². The van der Waals surface area contributed by atoms with E-state index in [1.807, 2.05) is 0 Å². The molecule has 5 nitrogen and oxygen atoms in total. The van der Waals surface area contributed by atoms with Crippen LogP contribution in [0, 0.1) is 0 Å². The number of ether oxygens (including phenoxy) is 1. The molecule has 0 fully saturated rings. The van der Waals surface area contributed by atoms with Gasteiger partial charge in [-0.1, -0.05) is 22.0 Å². The van der Waals surface area contributed by atoms with Crippen LogP contribution in [-0.2, 0) is 9.53 Å². The minimum Gasteiger partial charge on any atom is -0.478 e. The van der Waals surface area contributed by atoms with Gasteiger partial charge in [0.1, 0.15) is 0 Å². The topological polar surface area (TPSA) is 75.6 Å². The summed E-state index contributed by atoms with van der Waals surface area (Å²) in [5.74, 6) is -1.46. The Hall–Kier alpha value is -1.66. The van der Waals surface area contributed by atoms with Gasteiger partial charge in [0.2, 0.25) is 0 Å². The van der Waals surface area contributed by atoms with E-state index in [0.717, 1.165) is 0 Å². The Kier molecular flexibility index (Phi) is 5.72. The summed E-state index contributed by atoms with van der Waals surface area (Å²) in [7, 11) is 1.53. The quantitative estimate of drug-likeness (QED) is 0.815. The van der Waals surface area contributed by atoms with Crippen LogP contribution in [0.2, 0.25) is 0 Å². The predicted octanol–water partition coefficient (Wildman–Crippen LogP) is 2.68. The van der Waals surface area contributed by atoms with Crippen LogP contribution in [0.1, 0.15) is 17.3 Å². The summed E-state index contributed by atoms with van der Waals surface area (Å²) in [5.41, 5.74) is 0.745. The average molecular weight is 328 g/mol. The van der Waals surface area contributed by atoms with E-state index in [1.165, 1.54) is 19.2 Å². The lowest BCUT2D eigenvalue weighted by atomic mass is 10.1. The lowest BCUT2D eigenvalue weighted by Gasteiger charge is -2.09. The second kappa shape index (κ2) is 7.06. The first-order valence-corrected chi connectivity index (χ1v) is 6.25. The van der Waals surface area contributed by atoms with Crippen LogP contribution in [0.5, 0.6) is 0 Å². The van der Waals surface area contributed by atoms with Crippen LogP contribution in [0.25, 0.3) is 0 Å². The number of carboxylic acid groups (broad SMARTS) is 1. The molecule has 1 aromatic rings. The monoisotopic (exact) mass is 327 g/mol. The summed E-state index contributed by atoms with van der Waals surface area (Å²) < 4.78 is 5.47. The highest BCUT2D eigenvalue weighted by Gasteiger charge is 2.13. The molecule has 6 heteroatoms. The van der Waals surface area contributed by atoms with Gasteiger partial charge in [-0.3, -0.25) is 4.79 Å². The molecule has 0 unspecified atom stereocenters. The lowest BCUT2D eigenvalue weighted by molar-refractivity contribution is -0.112. The molecule has 0 aliphatic heterocycles. The van der Waals surface area contributed by atoms with Gasteiger partial charge in [-0.05, 0) is 25.1 Å². The van der Waals surface area contributed by atoms with Crippen molar-refractivity contribution in [2.75, 3.05) is 19.0 Å². The molecular formula is C13H14BrNO4. The SMILES string of the molecule is COC/C=C(\C)C(=O)Nc1ccc(Br)cc1C(=O)O. The predicted molar refractivity (Wildman–Crippen MR) is 75.4 cm³/mol. The van der Waals surface area contributed by atoms with Crippen molar-refractivity contribution >= 4 is 33.5 Å². The van der Waals surface area contributed by atoms with Crippen molar-refractivity contribution in [3.8, 4) is 0 Å². The lowest BCUT2D eigenvalue weighted by Crippen LogP contribution is -2.15. The first-order chi connectivity index (χ1) is 8.95. The molecule has 0 aromatic heterocycles. The molecule has 0 spiro atoms. The molecule has 1 aromatic carbocycles. The third kappa shape index (κ3) is 4.50. The van der Waals surface area contributed by atoms with Crippen molar-refractivity contribution in [2.45, 2.75) is 6.92 Å². The van der Waals surface area contributed by atoms with E-state index < -0.39 is 5.97 Å². The number of benzene rings is 1. The molecule has 0 atom stereocenters. The summed E-state index contributed by atoms with van der Waals surface area (Å²) in [6.07, 6.45) is 1.62. The number of hydrogen-bond acceptors (Lipinski definition) is 3. The molecule has 1 amide bonds. The van der Waals surface area contributed by atoms with Gasteiger partial charge in [0.25, 0.3) is 5.91 Å². The van der Waals surface area contributed by atoms with Gasteiger partial charge in [0.15, 0.2) is 0 Å². The molecule has 0 bridgehead atoms. The summed E-state index contributed by atoms with van der Waals surface area (Å²) in [6.45, 7) is 1.96. The van der Waals surface area contributed by atoms with E-state index in [9.17, 15) is 9.59 Å². The first-order valence-electron chi connectivity index (χ1n) is 5.45. The van der Waals surface area contributed by atoms with Crippen LogP contribution in [0.4, 0.5) is 5.69 Å². The highest BCUT2D eigenvalue weighted by molar-refractivity contribution is 9.10.